The molecule has 0 aliphatic carbocycles. The fourth-order valence-electron chi connectivity index (χ4n) is 3.12. The number of ether oxygens (including phenoxy) is 1. The number of hydrogen-bond donors (Lipinski definition) is 3. The number of alkyl carbamates (subject to hydrolysis) is 1. The summed E-state index contributed by atoms with van der Waals surface area (Å²) in [6.07, 6.45) is 1.83. The Morgan fingerprint density at radius 2 is 1.97 bits per heavy atom. The van der Waals surface area contributed by atoms with Crippen LogP contribution in [0.15, 0.2) is 11.3 Å². The number of carbonyl (C=O) groups is 4. The van der Waals surface area contributed by atoms with Crippen LogP contribution in [0.3, 0.4) is 0 Å². The highest BCUT2D eigenvalue weighted by Gasteiger charge is 2.53. The number of carbonyl (C=O) groups excluding carboxylic acids is 3. The maximum Gasteiger partial charge on any atom is 0.407 e. The molecule has 3 N–H and O–H groups in total. The van der Waals surface area contributed by atoms with E-state index >= 15 is 0 Å². The number of nitrogens with one attached hydrogen (secondary N) is 2. The normalized spacial score (nSPS) is 20.9. The van der Waals surface area contributed by atoms with Gasteiger partial charge in [0.15, 0.2) is 0 Å². The number of unbranched alkanes of at least 4 members (excludes halogenated alkanes) is 2. The minimum absolute atomic E-state index is 0.0466. The number of halogens is 1. The number of hydrogen-bond acceptors (Lipinski definition) is 6. The SMILES string of the molecule is CC(C)(C)OC(=O)NCCCCCC(=O)NC1C(=O)N2C(C(=O)O)=C(CCl)CSC12. The molecule has 3 amide bonds. The minimum atomic E-state index is -1.19. The molecule has 2 atom stereocenters. The summed E-state index contributed by atoms with van der Waals surface area (Å²) in [4.78, 5) is 48.8. The lowest BCUT2D eigenvalue weighted by molar-refractivity contribution is -0.150. The number of carboxylic acid groups (broad SMARTS) is 1. The van der Waals surface area contributed by atoms with Crippen molar-refractivity contribution in [3.63, 3.8) is 0 Å². The molecule has 2 aliphatic rings. The van der Waals surface area contributed by atoms with Crippen molar-refractivity contribution in [1.82, 2.24) is 15.5 Å². The Morgan fingerprint density at radius 3 is 2.57 bits per heavy atom. The van der Waals surface area contributed by atoms with Gasteiger partial charge in [0.2, 0.25) is 5.91 Å². The third-order valence-corrected chi connectivity index (χ3v) is 6.14. The number of amides is 3. The van der Waals surface area contributed by atoms with E-state index in [-0.39, 0.29) is 23.9 Å². The average Bonchev–Trinajstić information content (AvgIpc) is 2.65. The van der Waals surface area contributed by atoms with Gasteiger partial charge in [0.1, 0.15) is 22.7 Å². The van der Waals surface area contributed by atoms with Crippen LogP contribution in [0.2, 0.25) is 0 Å². The second-order valence-electron chi connectivity index (χ2n) is 8.09. The van der Waals surface area contributed by atoms with Crippen LogP contribution in [0.5, 0.6) is 0 Å². The van der Waals surface area contributed by atoms with Gasteiger partial charge in [-0.2, -0.15) is 0 Å². The van der Waals surface area contributed by atoms with Gasteiger partial charge in [-0.1, -0.05) is 6.42 Å². The molecule has 1 fully saturated rings. The Labute approximate surface area is 184 Å². The van der Waals surface area contributed by atoms with Gasteiger partial charge in [0, 0.05) is 24.6 Å². The molecule has 9 nitrogen and oxygen atoms in total. The maximum absolute atomic E-state index is 12.4. The van der Waals surface area contributed by atoms with Crippen molar-refractivity contribution < 1.29 is 29.0 Å². The van der Waals surface area contributed by atoms with Gasteiger partial charge in [0.25, 0.3) is 5.91 Å². The Morgan fingerprint density at radius 1 is 1.27 bits per heavy atom. The van der Waals surface area contributed by atoms with Crippen LogP contribution in [-0.4, -0.2) is 69.1 Å². The largest absolute Gasteiger partial charge is 0.477 e. The lowest BCUT2D eigenvalue weighted by Gasteiger charge is -2.49. The zero-order valence-corrected chi connectivity index (χ0v) is 18.9. The third kappa shape index (κ3) is 6.28. The van der Waals surface area contributed by atoms with Gasteiger partial charge in [-0.3, -0.25) is 14.5 Å². The molecule has 0 bridgehead atoms. The van der Waals surface area contributed by atoms with Gasteiger partial charge in [-0.25, -0.2) is 9.59 Å². The van der Waals surface area contributed by atoms with Crippen molar-refractivity contribution in [2.24, 2.45) is 0 Å². The molecule has 2 unspecified atom stereocenters. The number of aliphatic carboxylic acids is 1. The fraction of sp³-hybridized carbons (Fsp3) is 0.684. The van der Waals surface area contributed by atoms with Crippen LogP contribution in [0, 0.1) is 0 Å². The average molecular weight is 462 g/mol. The summed E-state index contributed by atoms with van der Waals surface area (Å²) in [6.45, 7) is 5.83. The molecule has 168 valence electrons. The van der Waals surface area contributed by atoms with E-state index < -0.39 is 35.0 Å². The first-order valence-corrected chi connectivity index (χ1v) is 11.4. The number of fused-ring (bicyclic) bond motifs is 1. The zero-order chi connectivity index (χ0) is 22.5. The molecule has 11 heteroatoms. The maximum atomic E-state index is 12.4. The second-order valence-corrected chi connectivity index (χ2v) is 9.46. The van der Waals surface area contributed by atoms with Gasteiger partial charge < -0.3 is 20.5 Å². The highest BCUT2D eigenvalue weighted by Crippen LogP contribution is 2.40. The van der Waals surface area contributed by atoms with Crippen LogP contribution in [0.1, 0.15) is 46.5 Å². The van der Waals surface area contributed by atoms with Crippen LogP contribution in [-0.2, 0) is 19.1 Å². The van der Waals surface area contributed by atoms with E-state index in [4.69, 9.17) is 16.3 Å². The Kier molecular flexibility index (Phi) is 8.42. The smallest absolute Gasteiger partial charge is 0.407 e. The lowest BCUT2D eigenvalue weighted by atomic mass is 10.0. The predicted octanol–water partition coefficient (Wildman–Crippen LogP) is 2.05. The van der Waals surface area contributed by atoms with Crippen LogP contribution in [0.4, 0.5) is 4.79 Å². The molecule has 0 aromatic rings. The van der Waals surface area contributed by atoms with E-state index in [1.807, 2.05) is 0 Å². The lowest BCUT2D eigenvalue weighted by Crippen LogP contribution is -2.70. The topological polar surface area (TPSA) is 125 Å². The molecule has 0 aromatic heterocycles. The molecule has 0 saturated carbocycles. The zero-order valence-electron chi connectivity index (χ0n) is 17.3. The summed E-state index contributed by atoms with van der Waals surface area (Å²) in [5.41, 5.74) is -0.106. The van der Waals surface area contributed by atoms with Crippen molar-refractivity contribution in [3.05, 3.63) is 11.3 Å². The van der Waals surface area contributed by atoms with Crippen molar-refractivity contribution >= 4 is 47.2 Å². The van der Waals surface area contributed by atoms with Crippen molar-refractivity contribution in [1.29, 1.82) is 0 Å². The summed E-state index contributed by atoms with van der Waals surface area (Å²) in [5.74, 6) is -1.41. The Bertz CT molecular complexity index is 736. The molecule has 0 radical (unpaired) electrons. The van der Waals surface area contributed by atoms with Crippen molar-refractivity contribution in [3.8, 4) is 0 Å². The summed E-state index contributed by atoms with van der Waals surface area (Å²) < 4.78 is 5.14. The van der Waals surface area contributed by atoms with Crippen molar-refractivity contribution in [2.75, 3.05) is 18.2 Å². The fourth-order valence-corrected chi connectivity index (χ4v) is 4.80. The van der Waals surface area contributed by atoms with Crippen molar-refractivity contribution in [2.45, 2.75) is 63.5 Å². The quantitative estimate of drug-likeness (QED) is 0.272. The van der Waals surface area contributed by atoms with E-state index in [0.29, 0.717) is 30.7 Å². The molecule has 0 aromatic carbocycles. The number of rotatable bonds is 9. The molecule has 0 spiro atoms. The second kappa shape index (κ2) is 10.4. The monoisotopic (exact) mass is 461 g/mol. The van der Waals surface area contributed by atoms with Crippen LogP contribution in [0.25, 0.3) is 0 Å². The number of β-lactam (4-membered cyclic amide) rings is 1. The van der Waals surface area contributed by atoms with Gasteiger partial charge in [-0.05, 0) is 39.2 Å². The molecule has 2 aliphatic heterocycles. The number of thioether (sulfide) groups is 1. The first-order valence-electron chi connectivity index (χ1n) is 9.77. The van der Waals surface area contributed by atoms with E-state index in [1.165, 1.54) is 16.7 Å². The number of alkyl halides is 1. The standard InChI is InChI=1S/C19H28ClN3O6S/c1-19(2,3)29-18(28)21-8-6-4-5-7-12(24)22-13-15(25)23-14(17(26)27)11(9-20)10-30-16(13)23/h13,16H,4-10H2,1-3H3,(H,21,28)(H,22,24)(H,26,27). The van der Waals surface area contributed by atoms with Gasteiger partial charge in [-0.15, -0.1) is 23.4 Å². The Hall–Kier alpha value is -1.94. The van der Waals surface area contributed by atoms with Crippen LogP contribution < -0.4 is 10.6 Å². The summed E-state index contributed by atoms with van der Waals surface area (Å²) in [5, 5.41) is 14.3. The first-order chi connectivity index (χ1) is 14.0. The highest BCUT2D eigenvalue weighted by atomic mass is 35.5. The van der Waals surface area contributed by atoms with Gasteiger partial charge in [0.05, 0.1) is 0 Å². The molecular formula is C19H28ClN3O6S. The molecule has 1 saturated heterocycles. The molecular weight excluding hydrogens is 434 g/mol. The molecule has 30 heavy (non-hydrogen) atoms. The number of nitrogens with zero attached hydrogens (tertiary/aromatic N) is 1. The van der Waals surface area contributed by atoms with E-state index in [2.05, 4.69) is 10.6 Å². The summed E-state index contributed by atoms with van der Waals surface area (Å²) in [7, 11) is 0. The third-order valence-electron chi connectivity index (χ3n) is 4.48. The first kappa shape index (κ1) is 24.3. The van der Waals surface area contributed by atoms with Gasteiger partial charge >= 0.3 is 12.1 Å². The highest BCUT2D eigenvalue weighted by molar-refractivity contribution is 8.00. The molecule has 2 rings (SSSR count). The predicted molar refractivity (Wildman–Crippen MR) is 113 cm³/mol. The summed E-state index contributed by atoms with van der Waals surface area (Å²) in [6, 6.07) is -0.720. The Balaban J connectivity index is 1.68. The van der Waals surface area contributed by atoms with E-state index in [0.717, 1.165) is 6.42 Å². The molecule has 2 heterocycles. The van der Waals surface area contributed by atoms with Crippen LogP contribution >= 0.6 is 23.4 Å². The summed E-state index contributed by atoms with van der Waals surface area (Å²) >= 11 is 7.19. The van der Waals surface area contributed by atoms with E-state index in [9.17, 15) is 24.3 Å². The van der Waals surface area contributed by atoms with E-state index in [1.54, 1.807) is 20.8 Å². The number of carboxylic acids is 1. The minimum Gasteiger partial charge on any atom is -0.477 e.